The molecule has 0 saturated carbocycles. The third kappa shape index (κ3) is 5.98. The topological polar surface area (TPSA) is 70.1 Å². The molecule has 0 spiro atoms. The first-order chi connectivity index (χ1) is 16.8. The Morgan fingerprint density at radius 1 is 1.08 bits per heavy atom. The van der Waals surface area contributed by atoms with Crippen LogP contribution < -0.4 is 4.74 Å². The third-order valence-electron chi connectivity index (χ3n) is 6.44. The molecule has 1 saturated heterocycles. The van der Waals surface area contributed by atoms with Gasteiger partial charge in [0, 0.05) is 18.7 Å². The molecule has 194 valence electrons. The summed E-state index contributed by atoms with van der Waals surface area (Å²) in [7, 11) is 3.85. The molecule has 0 aliphatic carbocycles. The van der Waals surface area contributed by atoms with E-state index in [9.17, 15) is 14.7 Å². The predicted molar refractivity (Wildman–Crippen MR) is 144 cm³/mol. The minimum Gasteiger partial charge on any atom is -0.507 e. The first-order valence-corrected chi connectivity index (χ1v) is 12.6. The zero-order valence-electron chi connectivity index (χ0n) is 22.9. The molecule has 6 nitrogen and oxygen atoms in total. The lowest BCUT2D eigenvalue weighted by molar-refractivity contribution is -0.140. The molecule has 1 heterocycles. The van der Waals surface area contributed by atoms with E-state index < -0.39 is 17.7 Å². The largest absolute Gasteiger partial charge is 0.507 e. The molecule has 1 unspecified atom stereocenters. The van der Waals surface area contributed by atoms with Crippen LogP contribution in [0.25, 0.3) is 5.76 Å². The number of ether oxygens (including phenoxy) is 1. The molecule has 6 heteroatoms. The van der Waals surface area contributed by atoms with Gasteiger partial charge in [0.15, 0.2) is 0 Å². The fraction of sp³-hybridized carbons (Fsp3) is 0.467. The number of hydrogen-bond acceptors (Lipinski definition) is 5. The maximum atomic E-state index is 13.3. The number of amides is 1. The summed E-state index contributed by atoms with van der Waals surface area (Å²) in [6.45, 7) is 14.1. The lowest BCUT2D eigenvalue weighted by atomic mass is 9.85. The molecule has 2 aromatic carbocycles. The second-order valence-electron chi connectivity index (χ2n) is 11.4. The lowest BCUT2D eigenvalue weighted by Crippen LogP contribution is -2.35. The van der Waals surface area contributed by atoms with Gasteiger partial charge in [-0.2, -0.15) is 0 Å². The highest BCUT2D eigenvalue weighted by Gasteiger charge is 2.46. The Balaban J connectivity index is 2.09. The number of likely N-dealkylation sites (N-methyl/N-ethyl adjacent to an activating group) is 1. The Labute approximate surface area is 215 Å². The number of aliphatic hydroxyl groups excluding tert-OH is 1. The lowest BCUT2D eigenvalue weighted by Gasteiger charge is -2.27. The second kappa shape index (κ2) is 10.9. The number of aliphatic hydroxyl groups is 1. The van der Waals surface area contributed by atoms with Crippen LogP contribution in [0.4, 0.5) is 0 Å². The van der Waals surface area contributed by atoms with Crippen molar-refractivity contribution in [3.05, 3.63) is 70.3 Å². The Bertz CT molecular complexity index is 1140. The van der Waals surface area contributed by atoms with Crippen molar-refractivity contribution < 1.29 is 19.4 Å². The van der Waals surface area contributed by atoms with Crippen molar-refractivity contribution in [3.8, 4) is 5.75 Å². The van der Waals surface area contributed by atoms with Crippen molar-refractivity contribution >= 4 is 17.4 Å². The van der Waals surface area contributed by atoms with Crippen LogP contribution in [0.2, 0.25) is 0 Å². The van der Waals surface area contributed by atoms with Crippen molar-refractivity contribution in [3.63, 3.8) is 0 Å². The molecule has 1 atom stereocenters. The molecule has 0 radical (unpaired) electrons. The predicted octanol–water partition coefficient (Wildman–Crippen LogP) is 5.31. The van der Waals surface area contributed by atoms with E-state index in [2.05, 4.69) is 34.6 Å². The summed E-state index contributed by atoms with van der Waals surface area (Å²) in [6, 6.07) is 12.7. The Morgan fingerprint density at radius 3 is 2.25 bits per heavy atom. The minimum absolute atomic E-state index is 0.0256. The highest BCUT2D eigenvalue weighted by atomic mass is 16.5. The Morgan fingerprint density at radius 2 is 1.72 bits per heavy atom. The molecule has 1 aliphatic heterocycles. The van der Waals surface area contributed by atoms with Gasteiger partial charge in [-0.15, -0.1) is 0 Å². The number of carbonyl (C=O) groups is 2. The maximum absolute atomic E-state index is 13.3. The zero-order chi connectivity index (χ0) is 26.8. The average molecular weight is 493 g/mol. The molecule has 1 fully saturated rings. The van der Waals surface area contributed by atoms with Crippen LogP contribution in [0, 0.1) is 12.8 Å². The third-order valence-corrected chi connectivity index (χ3v) is 6.44. The first kappa shape index (κ1) is 27.5. The molecule has 0 bridgehead atoms. The van der Waals surface area contributed by atoms with E-state index in [1.807, 2.05) is 56.3 Å². The maximum Gasteiger partial charge on any atom is 0.295 e. The number of carbonyl (C=O) groups excluding carboxylic acids is 2. The number of likely N-dealkylation sites (tertiary alicyclic amines) is 1. The van der Waals surface area contributed by atoms with Crippen molar-refractivity contribution in [2.75, 3.05) is 33.8 Å². The van der Waals surface area contributed by atoms with Gasteiger partial charge in [-0.25, -0.2) is 0 Å². The monoisotopic (exact) mass is 492 g/mol. The van der Waals surface area contributed by atoms with E-state index in [4.69, 9.17) is 4.74 Å². The molecule has 2 aromatic rings. The van der Waals surface area contributed by atoms with Crippen molar-refractivity contribution in [2.24, 2.45) is 5.92 Å². The smallest absolute Gasteiger partial charge is 0.295 e. The average Bonchev–Trinajstić information content (AvgIpc) is 3.05. The SMILES string of the molecule is Cc1cc(/C(O)=C2/C(=O)C(=O)N(CCN(C)C)C2c2ccc(C(C)(C)C)cc2)ccc1OCC(C)C. The van der Waals surface area contributed by atoms with E-state index in [0.717, 1.165) is 22.4 Å². The van der Waals surface area contributed by atoms with Gasteiger partial charge in [0.25, 0.3) is 11.7 Å². The summed E-state index contributed by atoms with van der Waals surface area (Å²) in [6.07, 6.45) is 0. The Hall–Kier alpha value is -3.12. The summed E-state index contributed by atoms with van der Waals surface area (Å²) in [5.74, 6) is -0.281. The van der Waals surface area contributed by atoms with E-state index in [0.29, 0.717) is 31.2 Å². The summed E-state index contributed by atoms with van der Waals surface area (Å²) >= 11 is 0. The van der Waals surface area contributed by atoms with Crippen LogP contribution in [-0.4, -0.2) is 60.4 Å². The summed E-state index contributed by atoms with van der Waals surface area (Å²) < 4.78 is 5.87. The Kier molecular flexibility index (Phi) is 8.29. The van der Waals surface area contributed by atoms with Crippen molar-refractivity contribution in [1.82, 2.24) is 9.80 Å². The van der Waals surface area contributed by atoms with Gasteiger partial charge in [-0.05, 0) is 67.2 Å². The molecule has 1 N–H and O–H groups in total. The highest BCUT2D eigenvalue weighted by Crippen LogP contribution is 2.40. The minimum atomic E-state index is -0.658. The van der Waals surface area contributed by atoms with E-state index in [1.54, 1.807) is 17.0 Å². The molecule has 36 heavy (non-hydrogen) atoms. The molecule has 3 rings (SSSR count). The number of benzene rings is 2. The number of rotatable bonds is 8. The van der Waals surface area contributed by atoms with Gasteiger partial charge in [0.05, 0.1) is 18.2 Å². The molecular formula is C30H40N2O4. The van der Waals surface area contributed by atoms with Gasteiger partial charge >= 0.3 is 0 Å². The number of hydrogen-bond donors (Lipinski definition) is 1. The molecule has 1 aliphatic rings. The standard InChI is InChI=1S/C30H40N2O4/c1-19(2)18-36-24-14-11-22(17-20(24)3)27(33)25-26(21-9-12-23(13-10-21)30(4,5)6)32(16-15-31(7)8)29(35)28(25)34/h9-14,17,19,26,33H,15-16,18H2,1-8H3/b27-25-. The quantitative estimate of drug-likeness (QED) is 0.307. The van der Waals surface area contributed by atoms with Gasteiger partial charge < -0.3 is 19.6 Å². The van der Waals surface area contributed by atoms with Crippen LogP contribution in [0.5, 0.6) is 5.75 Å². The van der Waals surface area contributed by atoms with Crippen molar-refractivity contribution in [2.45, 2.75) is 53.0 Å². The van der Waals surface area contributed by atoms with Gasteiger partial charge in [-0.1, -0.05) is 58.9 Å². The fourth-order valence-corrected chi connectivity index (χ4v) is 4.30. The molecule has 1 amide bonds. The van der Waals surface area contributed by atoms with Crippen LogP contribution in [0.3, 0.4) is 0 Å². The van der Waals surface area contributed by atoms with E-state index >= 15 is 0 Å². The zero-order valence-corrected chi connectivity index (χ0v) is 22.9. The van der Waals surface area contributed by atoms with Crippen LogP contribution in [0.15, 0.2) is 48.0 Å². The normalized spacial score (nSPS) is 17.9. The molecule has 0 aromatic heterocycles. The van der Waals surface area contributed by atoms with Gasteiger partial charge in [0.2, 0.25) is 0 Å². The second-order valence-corrected chi connectivity index (χ2v) is 11.4. The van der Waals surface area contributed by atoms with Crippen LogP contribution >= 0.6 is 0 Å². The van der Waals surface area contributed by atoms with Crippen LogP contribution in [-0.2, 0) is 15.0 Å². The van der Waals surface area contributed by atoms with E-state index in [1.165, 1.54) is 0 Å². The number of aryl methyl sites for hydroxylation is 1. The number of nitrogens with zero attached hydrogens (tertiary/aromatic N) is 2. The number of ketones is 1. The first-order valence-electron chi connectivity index (χ1n) is 12.6. The highest BCUT2D eigenvalue weighted by molar-refractivity contribution is 6.46. The number of Topliss-reactive ketones (excluding diaryl/α,β-unsaturated/α-hetero) is 1. The summed E-state index contributed by atoms with van der Waals surface area (Å²) in [5.41, 5.74) is 3.40. The molecular weight excluding hydrogens is 452 g/mol. The van der Waals surface area contributed by atoms with Crippen molar-refractivity contribution in [1.29, 1.82) is 0 Å². The summed E-state index contributed by atoms with van der Waals surface area (Å²) in [4.78, 5) is 30.0. The van der Waals surface area contributed by atoms with Gasteiger partial charge in [-0.3, -0.25) is 9.59 Å². The van der Waals surface area contributed by atoms with Crippen LogP contribution in [0.1, 0.15) is 62.9 Å². The van der Waals surface area contributed by atoms with Gasteiger partial charge in [0.1, 0.15) is 11.5 Å². The van der Waals surface area contributed by atoms with E-state index in [-0.39, 0.29) is 16.7 Å². The summed E-state index contributed by atoms with van der Waals surface area (Å²) in [5, 5.41) is 11.4. The fourth-order valence-electron chi connectivity index (χ4n) is 4.30.